The summed E-state index contributed by atoms with van der Waals surface area (Å²) in [4.78, 5) is 0.839. The standard InChI is InChI=1S/C9H11FO2S/c1-11-6-12-8-3-7(10)4-9(5-8)13-2/h3-5H,6H2,1-2H3. The molecule has 0 saturated heterocycles. The molecular formula is C9H11FO2S. The van der Waals surface area contributed by atoms with Gasteiger partial charge >= 0.3 is 0 Å². The molecule has 4 heteroatoms. The van der Waals surface area contributed by atoms with Gasteiger partial charge in [-0.3, -0.25) is 0 Å². The predicted molar refractivity (Wildman–Crippen MR) is 50.7 cm³/mol. The van der Waals surface area contributed by atoms with Gasteiger partial charge in [0.15, 0.2) is 6.79 Å². The van der Waals surface area contributed by atoms with Crippen LogP contribution in [-0.4, -0.2) is 20.2 Å². The predicted octanol–water partition coefficient (Wildman–Crippen LogP) is 2.53. The molecule has 13 heavy (non-hydrogen) atoms. The van der Waals surface area contributed by atoms with E-state index in [0.717, 1.165) is 4.90 Å². The fraction of sp³-hybridized carbons (Fsp3) is 0.333. The molecule has 0 aliphatic rings. The molecule has 1 aromatic carbocycles. The molecule has 0 radical (unpaired) electrons. The minimum Gasteiger partial charge on any atom is -0.467 e. The summed E-state index contributed by atoms with van der Waals surface area (Å²) in [5.74, 6) is 0.198. The number of rotatable bonds is 4. The van der Waals surface area contributed by atoms with Crippen LogP contribution in [0.3, 0.4) is 0 Å². The van der Waals surface area contributed by atoms with Gasteiger partial charge in [0.05, 0.1) is 0 Å². The Bertz CT molecular complexity index is 278. The molecule has 72 valence electrons. The minimum absolute atomic E-state index is 0.136. The summed E-state index contributed by atoms with van der Waals surface area (Å²) in [7, 11) is 1.52. The van der Waals surface area contributed by atoms with E-state index in [1.807, 2.05) is 6.26 Å². The van der Waals surface area contributed by atoms with E-state index < -0.39 is 0 Å². The van der Waals surface area contributed by atoms with Crippen molar-refractivity contribution in [2.75, 3.05) is 20.2 Å². The first-order valence-corrected chi connectivity index (χ1v) is 4.95. The van der Waals surface area contributed by atoms with Crippen LogP contribution in [0.2, 0.25) is 0 Å². The van der Waals surface area contributed by atoms with Gasteiger partial charge in [-0.05, 0) is 18.4 Å². The largest absolute Gasteiger partial charge is 0.467 e. The van der Waals surface area contributed by atoms with Gasteiger partial charge in [-0.1, -0.05) is 0 Å². The Labute approximate surface area is 81.0 Å². The van der Waals surface area contributed by atoms with Crippen molar-refractivity contribution >= 4 is 11.8 Å². The van der Waals surface area contributed by atoms with Gasteiger partial charge in [0.2, 0.25) is 0 Å². The normalized spacial score (nSPS) is 10.1. The van der Waals surface area contributed by atoms with E-state index in [1.165, 1.54) is 31.0 Å². The van der Waals surface area contributed by atoms with Crippen molar-refractivity contribution in [3.05, 3.63) is 24.0 Å². The highest BCUT2D eigenvalue weighted by Crippen LogP contribution is 2.22. The zero-order valence-corrected chi connectivity index (χ0v) is 8.36. The summed E-state index contributed by atoms with van der Waals surface area (Å²) in [6.07, 6.45) is 1.88. The van der Waals surface area contributed by atoms with Crippen LogP contribution in [0, 0.1) is 5.82 Å². The minimum atomic E-state index is -0.294. The molecule has 0 unspecified atom stereocenters. The SMILES string of the molecule is COCOc1cc(F)cc(SC)c1. The Kier molecular flexibility index (Phi) is 4.05. The highest BCUT2D eigenvalue weighted by molar-refractivity contribution is 7.98. The van der Waals surface area contributed by atoms with Crippen molar-refractivity contribution in [2.45, 2.75) is 4.90 Å². The molecule has 0 bridgehead atoms. The number of methoxy groups -OCH3 is 1. The average molecular weight is 202 g/mol. The van der Waals surface area contributed by atoms with Crippen LogP contribution in [0.25, 0.3) is 0 Å². The molecule has 2 nitrogen and oxygen atoms in total. The van der Waals surface area contributed by atoms with Gasteiger partial charge in [0.25, 0.3) is 0 Å². The lowest BCUT2D eigenvalue weighted by Gasteiger charge is -2.05. The van der Waals surface area contributed by atoms with Crippen molar-refractivity contribution in [1.82, 2.24) is 0 Å². The van der Waals surface area contributed by atoms with Crippen LogP contribution in [-0.2, 0) is 4.74 Å². The van der Waals surface area contributed by atoms with Gasteiger partial charge in [0.1, 0.15) is 11.6 Å². The molecule has 0 N–H and O–H groups in total. The molecular weight excluding hydrogens is 191 g/mol. The Balaban J connectivity index is 2.76. The smallest absolute Gasteiger partial charge is 0.188 e. The highest BCUT2D eigenvalue weighted by atomic mass is 32.2. The van der Waals surface area contributed by atoms with E-state index in [0.29, 0.717) is 5.75 Å². The third-order valence-electron chi connectivity index (χ3n) is 1.42. The maximum Gasteiger partial charge on any atom is 0.188 e. The van der Waals surface area contributed by atoms with Crippen LogP contribution in [0.4, 0.5) is 4.39 Å². The first kappa shape index (κ1) is 10.3. The second kappa shape index (κ2) is 5.09. The van der Waals surface area contributed by atoms with E-state index in [1.54, 1.807) is 6.07 Å². The summed E-state index contributed by atoms with van der Waals surface area (Å²) in [5, 5.41) is 0. The zero-order valence-electron chi connectivity index (χ0n) is 7.54. The number of benzene rings is 1. The number of hydrogen-bond donors (Lipinski definition) is 0. The third kappa shape index (κ3) is 3.24. The van der Waals surface area contributed by atoms with Crippen molar-refractivity contribution in [1.29, 1.82) is 0 Å². The maximum atomic E-state index is 12.9. The van der Waals surface area contributed by atoms with Crippen LogP contribution < -0.4 is 4.74 Å². The van der Waals surface area contributed by atoms with Gasteiger partial charge in [-0.2, -0.15) is 0 Å². The monoisotopic (exact) mass is 202 g/mol. The molecule has 0 amide bonds. The molecule has 0 heterocycles. The first-order valence-electron chi connectivity index (χ1n) is 3.72. The molecule has 0 aliphatic heterocycles. The number of ether oxygens (including phenoxy) is 2. The topological polar surface area (TPSA) is 18.5 Å². The molecule has 0 aromatic heterocycles. The molecule has 0 spiro atoms. The van der Waals surface area contributed by atoms with Crippen molar-refractivity contribution < 1.29 is 13.9 Å². The number of halogens is 1. The highest BCUT2D eigenvalue weighted by Gasteiger charge is 2.00. The lowest BCUT2D eigenvalue weighted by molar-refractivity contribution is 0.0507. The van der Waals surface area contributed by atoms with Gasteiger partial charge < -0.3 is 9.47 Å². The molecule has 0 saturated carbocycles. The molecule has 0 fully saturated rings. The molecule has 1 rings (SSSR count). The summed E-state index contributed by atoms with van der Waals surface area (Å²) in [5.41, 5.74) is 0. The van der Waals surface area contributed by atoms with Crippen LogP contribution in [0.1, 0.15) is 0 Å². The van der Waals surface area contributed by atoms with Gasteiger partial charge in [-0.25, -0.2) is 4.39 Å². The molecule has 0 atom stereocenters. The second-order valence-corrected chi connectivity index (χ2v) is 3.26. The second-order valence-electron chi connectivity index (χ2n) is 2.38. The van der Waals surface area contributed by atoms with E-state index >= 15 is 0 Å². The Hall–Kier alpha value is -0.740. The molecule has 0 aliphatic carbocycles. The van der Waals surface area contributed by atoms with Crippen molar-refractivity contribution in [2.24, 2.45) is 0 Å². The average Bonchev–Trinajstić information content (AvgIpc) is 2.14. The van der Waals surface area contributed by atoms with E-state index in [9.17, 15) is 4.39 Å². The van der Waals surface area contributed by atoms with Crippen LogP contribution >= 0.6 is 11.8 Å². The maximum absolute atomic E-state index is 12.9. The van der Waals surface area contributed by atoms with E-state index in [4.69, 9.17) is 9.47 Å². The van der Waals surface area contributed by atoms with Crippen LogP contribution in [0.5, 0.6) is 5.75 Å². The Morgan fingerprint density at radius 3 is 2.77 bits per heavy atom. The van der Waals surface area contributed by atoms with Gasteiger partial charge in [-0.15, -0.1) is 11.8 Å². The van der Waals surface area contributed by atoms with Crippen LogP contribution in [0.15, 0.2) is 23.1 Å². The summed E-state index contributed by atoms with van der Waals surface area (Å²) in [6.45, 7) is 0.136. The first-order chi connectivity index (χ1) is 6.26. The Morgan fingerprint density at radius 1 is 1.38 bits per heavy atom. The molecule has 1 aromatic rings. The quantitative estimate of drug-likeness (QED) is 0.552. The zero-order chi connectivity index (χ0) is 9.68. The summed E-state index contributed by atoms with van der Waals surface area (Å²) in [6, 6.07) is 4.57. The summed E-state index contributed by atoms with van der Waals surface area (Å²) >= 11 is 1.47. The van der Waals surface area contributed by atoms with E-state index in [-0.39, 0.29) is 12.6 Å². The third-order valence-corrected chi connectivity index (χ3v) is 2.13. The number of hydrogen-bond acceptors (Lipinski definition) is 3. The van der Waals surface area contributed by atoms with Gasteiger partial charge in [0, 0.05) is 18.1 Å². The van der Waals surface area contributed by atoms with Crippen molar-refractivity contribution in [3.63, 3.8) is 0 Å². The van der Waals surface area contributed by atoms with E-state index in [2.05, 4.69) is 0 Å². The fourth-order valence-corrected chi connectivity index (χ4v) is 1.33. The lowest BCUT2D eigenvalue weighted by Crippen LogP contribution is -1.99. The summed E-state index contributed by atoms with van der Waals surface area (Å²) < 4.78 is 22.7. The number of thioether (sulfide) groups is 1. The fourth-order valence-electron chi connectivity index (χ4n) is 0.865. The van der Waals surface area contributed by atoms with Crippen molar-refractivity contribution in [3.8, 4) is 5.75 Å². The Morgan fingerprint density at radius 2 is 2.15 bits per heavy atom. The lowest BCUT2D eigenvalue weighted by atomic mass is 10.3.